The predicted molar refractivity (Wildman–Crippen MR) is 73.3 cm³/mol. The molecule has 0 aliphatic rings. The zero-order chi connectivity index (χ0) is 12.3. The topological polar surface area (TPSA) is 35.2 Å². The second-order valence-electron chi connectivity index (χ2n) is 3.89. The van der Waals surface area contributed by atoms with Crippen molar-refractivity contribution >= 4 is 15.9 Å². The molecule has 2 N–H and O–H groups in total. The average molecular weight is 292 g/mol. The molecule has 2 nitrogen and oxygen atoms in total. The Bertz CT molecular complexity index is 525. The lowest BCUT2D eigenvalue weighted by molar-refractivity contribution is 0.479. The Morgan fingerprint density at radius 1 is 1.18 bits per heavy atom. The third-order valence-electron chi connectivity index (χ3n) is 2.45. The van der Waals surface area contributed by atoms with Gasteiger partial charge in [-0.25, -0.2) is 0 Å². The highest BCUT2D eigenvalue weighted by Gasteiger charge is 2.03. The standard InChI is InChI=1S/C14H14BrNO/c1-10-3-2-4-12(7-10)17-14-6-5-11(9-16)8-13(14)15/h2-8H,9,16H2,1H3. The molecule has 0 unspecified atom stereocenters. The minimum absolute atomic E-state index is 0.531. The van der Waals surface area contributed by atoms with Crippen molar-refractivity contribution < 1.29 is 4.74 Å². The van der Waals surface area contributed by atoms with Crippen LogP contribution in [0, 0.1) is 6.92 Å². The number of rotatable bonds is 3. The van der Waals surface area contributed by atoms with Gasteiger partial charge in [-0.3, -0.25) is 0 Å². The molecule has 17 heavy (non-hydrogen) atoms. The summed E-state index contributed by atoms with van der Waals surface area (Å²) >= 11 is 3.48. The summed E-state index contributed by atoms with van der Waals surface area (Å²) in [5.41, 5.74) is 7.83. The summed E-state index contributed by atoms with van der Waals surface area (Å²) in [4.78, 5) is 0. The normalized spacial score (nSPS) is 10.3. The van der Waals surface area contributed by atoms with Crippen molar-refractivity contribution in [1.82, 2.24) is 0 Å². The Morgan fingerprint density at radius 3 is 2.65 bits per heavy atom. The van der Waals surface area contributed by atoms with Crippen LogP contribution in [-0.2, 0) is 6.54 Å². The zero-order valence-corrected chi connectivity index (χ0v) is 11.2. The van der Waals surface area contributed by atoms with E-state index in [2.05, 4.69) is 15.9 Å². The van der Waals surface area contributed by atoms with Gasteiger partial charge in [0.05, 0.1) is 4.47 Å². The smallest absolute Gasteiger partial charge is 0.141 e. The molecule has 0 aliphatic heterocycles. The van der Waals surface area contributed by atoms with Crippen LogP contribution in [0.5, 0.6) is 11.5 Å². The van der Waals surface area contributed by atoms with Gasteiger partial charge in [-0.05, 0) is 58.2 Å². The van der Waals surface area contributed by atoms with Crippen LogP contribution in [0.1, 0.15) is 11.1 Å². The SMILES string of the molecule is Cc1cccc(Oc2ccc(CN)cc2Br)c1. The number of hydrogen-bond acceptors (Lipinski definition) is 2. The first-order valence-electron chi connectivity index (χ1n) is 5.42. The van der Waals surface area contributed by atoms with Crippen molar-refractivity contribution in [2.45, 2.75) is 13.5 Å². The van der Waals surface area contributed by atoms with E-state index in [1.807, 2.05) is 49.4 Å². The number of benzene rings is 2. The van der Waals surface area contributed by atoms with Crippen molar-refractivity contribution in [2.75, 3.05) is 0 Å². The summed E-state index contributed by atoms with van der Waals surface area (Å²) in [5.74, 6) is 1.64. The van der Waals surface area contributed by atoms with Crippen LogP contribution in [0.2, 0.25) is 0 Å². The Labute approximate surface area is 110 Å². The monoisotopic (exact) mass is 291 g/mol. The van der Waals surface area contributed by atoms with Gasteiger partial charge < -0.3 is 10.5 Å². The van der Waals surface area contributed by atoms with Gasteiger partial charge in [0, 0.05) is 6.54 Å². The maximum atomic E-state index is 5.80. The van der Waals surface area contributed by atoms with Gasteiger partial charge in [0.2, 0.25) is 0 Å². The minimum atomic E-state index is 0.531. The third kappa shape index (κ3) is 3.08. The zero-order valence-electron chi connectivity index (χ0n) is 9.61. The summed E-state index contributed by atoms with van der Waals surface area (Å²) in [7, 11) is 0. The molecule has 0 amide bonds. The van der Waals surface area contributed by atoms with Gasteiger partial charge in [0.1, 0.15) is 11.5 Å². The molecule has 0 radical (unpaired) electrons. The molecular weight excluding hydrogens is 278 g/mol. The molecule has 2 aromatic rings. The molecular formula is C14H14BrNO. The lowest BCUT2D eigenvalue weighted by atomic mass is 10.2. The van der Waals surface area contributed by atoms with Crippen LogP contribution in [0.4, 0.5) is 0 Å². The van der Waals surface area contributed by atoms with Gasteiger partial charge in [0.25, 0.3) is 0 Å². The van der Waals surface area contributed by atoms with E-state index >= 15 is 0 Å². The van der Waals surface area contributed by atoms with Crippen molar-refractivity contribution in [3.05, 3.63) is 58.1 Å². The number of halogens is 1. The molecule has 2 rings (SSSR count). The van der Waals surface area contributed by atoms with Crippen LogP contribution >= 0.6 is 15.9 Å². The van der Waals surface area contributed by atoms with Crippen molar-refractivity contribution in [2.24, 2.45) is 5.73 Å². The largest absolute Gasteiger partial charge is 0.456 e. The lowest BCUT2D eigenvalue weighted by Gasteiger charge is -2.09. The second-order valence-corrected chi connectivity index (χ2v) is 4.74. The predicted octanol–water partition coefficient (Wildman–Crippen LogP) is 4.01. The molecule has 0 spiro atoms. The van der Waals surface area contributed by atoms with E-state index in [9.17, 15) is 0 Å². The number of hydrogen-bond donors (Lipinski definition) is 1. The highest BCUT2D eigenvalue weighted by Crippen LogP contribution is 2.30. The molecule has 0 heterocycles. The Morgan fingerprint density at radius 2 is 2.00 bits per heavy atom. The van der Waals surface area contributed by atoms with Gasteiger partial charge in [0.15, 0.2) is 0 Å². The van der Waals surface area contributed by atoms with E-state index < -0.39 is 0 Å². The quantitative estimate of drug-likeness (QED) is 0.927. The maximum absolute atomic E-state index is 5.80. The third-order valence-corrected chi connectivity index (χ3v) is 3.07. The van der Waals surface area contributed by atoms with E-state index in [1.54, 1.807) is 0 Å². The van der Waals surface area contributed by atoms with Crippen LogP contribution in [0.25, 0.3) is 0 Å². The molecule has 0 fully saturated rings. The van der Waals surface area contributed by atoms with Crippen molar-refractivity contribution in [3.63, 3.8) is 0 Å². The van der Waals surface area contributed by atoms with E-state index in [0.29, 0.717) is 6.54 Å². The fraction of sp³-hybridized carbons (Fsp3) is 0.143. The second kappa shape index (κ2) is 5.34. The first kappa shape index (κ1) is 12.1. The average Bonchev–Trinajstić information content (AvgIpc) is 2.32. The molecule has 0 saturated heterocycles. The van der Waals surface area contributed by atoms with Crippen LogP contribution in [0.15, 0.2) is 46.9 Å². The van der Waals surface area contributed by atoms with E-state index in [1.165, 1.54) is 5.56 Å². The van der Waals surface area contributed by atoms with Gasteiger partial charge >= 0.3 is 0 Å². The van der Waals surface area contributed by atoms with E-state index in [4.69, 9.17) is 10.5 Å². The molecule has 3 heteroatoms. The van der Waals surface area contributed by atoms with Crippen molar-refractivity contribution in [1.29, 1.82) is 0 Å². The minimum Gasteiger partial charge on any atom is -0.456 e. The fourth-order valence-corrected chi connectivity index (χ4v) is 2.07. The van der Waals surface area contributed by atoms with Gasteiger partial charge in [-0.1, -0.05) is 18.2 Å². The van der Waals surface area contributed by atoms with Crippen LogP contribution in [-0.4, -0.2) is 0 Å². The highest BCUT2D eigenvalue weighted by molar-refractivity contribution is 9.10. The van der Waals surface area contributed by atoms with E-state index in [-0.39, 0.29) is 0 Å². The summed E-state index contributed by atoms with van der Waals surface area (Å²) in [6.45, 7) is 2.57. The summed E-state index contributed by atoms with van der Waals surface area (Å²) in [6, 6.07) is 13.8. The van der Waals surface area contributed by atoms with Gasteiger partial charge in [-0.15, -0.1) is 0 Å². The van der Waals surface area contributed by atoms with Gasteiger partial charge in [-0.2, -0.15) is 0 Å². The number of ether oxygens (including phenoxy) is 1. The summed E-state index contributed by atoms with van der Waals surface area (Å²) in [5, 5.41) is 0. The molecule has 0 bridgehead atoms. The molecule has 2 aromatic carbocycles. The summed E-state index contributed by atoms with van der Waals surface area (Å²) in [6.07, 6.45) is 0. The first-order chi connectivity index (χ1) is 8.19. The van der Waals surface area contributed by atoms with Crippen LogP contribution < -0.4 is 10.5 Å². The van der Waals surface area contributed by atoms with E-state index in [0.717, 1.165) is 21.5 Å². The molecule has 0 saturated carbocycles. The highest BCUT2D eigenvalue weighted by atomic mass is 79.9. The first-order valence-corrected chi connectivity index (χ1v) is 6.21. The Hall–Kier alpha value is -1.32. The molecule has 0 aromatic heterocycles. The molecule has 0 atom stereocenters. The number of nitrogens with two attached hydrogens (primary N) is 1. The molecule has 0 aliphatic carbocycles. The Kier molecular flexibility index (Phi) is 3.82. The van der Waals surface area contributed by atoms with Crippen LogP contribution in [0.3, 0.4) is 0 Å². The van der Waals surface area contributed by atoms with Crippen molar-refractivity contribution in [3.8, 4) is 11.5 Å². The number of aryl methyl sites for hydroxylation is 1. The summed E-state index contributed by atoms with van der Waals surface area (Å²) < 4.78 is 6.72. The Balaban J connectivity index is 2.24. The fourth-order valence-electron chi connectivity index (χ4n) is 1.56. The maximum Gasteiger partial charge on any atom is 0.141 e. The molecule has 88 valence electrons. The lowest BCUT2D eigenvalue weighted by Crippen LogP contribution is -1.96.